The molecule has 0 bridgehead atoms. The molecule has 28 heavy (non-hydrogen) atoms. The number of thiocarbonyl (C=S) groups is 1. The van der Waals surface area contributed by atoms with Crippen molar-refractivity contribution in [1.82, 2.24) is 9.88 Å². The van der Waals surface area contributed by atoms with Crippen LogP contribution < -0.4 is 10.1 Å². The Balaban J connectivity index is 1.48. The van der Waals surface area contributed by atoms with Crippen LogP contribution in [0.3, 0.4) is 0 Å². The molecule has 1 N–H and O–H groups in total. The number of aromatic nitrogens is 1. The van der Waals surface area contributed by atoms with Crippen molar-refractivity contribution in [2.75, 3.05) is 6.61 Å². The number of hydrogen-bond donors (Lipinski definition) is 1. The van der Waals surface area contributed by atoms with Crippen molar-refractivity contribution in [3.63, 3.8) is 0 Å². The van der Waals surface area contributed by atoms with Crippen molar-refractivity contribution in [2.45, 2.75) is 13.1 Å². The third kappa shape index (κ3) is 4.24. The second-order valence-corrected chi connectivity index (χ2v) is 6.99. The first-order chi connectivity index (χ1) is 13.8. The topological polar surface area (TPSA) is 26.2 Å². The highest BCUT2D eigenvalue weighted by atomic mass is 32.1. The van der Waals surface area contributed by atoms with Gasteiger partial charge in [-0.15, -0.1) is 0 Å². The lowest BCUT2D eigenvalue weighted by molar-refractivity contribution is 0.300. The molecule has 0 aliphatic carbocycles. The molecule has 0 atom stereocenters. The maximum absolute atomic E-state index is 5.86. The Bertz CT molecular complexity index is 1060. The van der Waals surface area contributed by atoms with Crippen LogP contribution in [-0.4, -0.2) is 16.2 Å². The Morgan fingerprint density at radius 2 is 1.54 bits per heavy atom. The molecule has 4 rings (SSSR count). The lowest BCUT2D eigenvalue weighted by Gasteiger charge is -2.08. The molecular formula is C24H22N2OS. The quantitative estimate of drug-likeness (QED) is 0.443. The van der Waals surface area contributed by atoms with E-state index in [9.17, 15) is 0 Å². The van der Waals surface area contributed by atoms with E-state index in [0.29, 0.717) is 6.61 Å². The molecule has 4 aromatic rings. The van der Waals surface area contributed by atoms with E-state index in [4.69, 9.17) is 17.0 Å². The summed E-state index contributed by atoms with van der Waals surface area (Å²) in [6.45, 7) is 2.08. The van der Waals surface area contributed by atoms with Gasteiger partial charge in [0, 0.05) is 29.2 Å². The fourth-order valence-corrected chi connectivity index (χ4v) is 3.50. The summed E-state index contributed by atoms with van der Waals surface area (Å²) in [4.78, 5) is 0.766. The minimum absolute atomic E-state index is 0.604. The number of fused-ring (bicyclic) bond motifs is 1. The molecule has 3 nitrogen and oxygen atoms in total. The van der Waals surface area contributed by atoms with Gasteiger partial charge in [-0.25, -0.2) is 0 Å². The summed E-state index contributed by atoms with van der Waals surface area (Å²) in [6, 6.07) is 28.6. The smallest absolute Gasteiger partial charge is 0.119 e. The van der Waals surface area contributed by atoms with Crippen molar-refractivity contribution < 1.29 is 4.74 Å². The lowest BCUT2D eigenvalue weighted by Crippen LogP contribution is -2.21. The highest BCUT2D eigenvalue weighted by Gasteiger charge is 2.12. The van der Waals surface area contributed by atoms with Crippen molar-refractivity contribution in [3.05, 3.63) is 102 Å². The van der Waals surface area contributed by atoms with Crippen LogP contribution in [0.25, 0.3) is 10.9 Å². The maximum Gasteiger partial charge on any atom is 0.119 e. The molecule has 0 saturated carbocycles. The van der Waals surface area contributed by atoms with Crippen molar-refractivity contribution in [1.29, 1.82) is 0 Å². The predicted octanol–water partition coefficient (Wildman–Crippen LogP) is 5.19. The standard InChI is InChI=1S/C24H22N2OS/c28-24(25-17-19-9-3-1-4-10-19)22-18-26(23-14-8-7-13-21(22)23)15-16-27-20-11-5-2-6-12-20/h1-14,18H,15-17H2,(H,25,28). The van der Waals surface area contributed by atoms with E-state index in [1.54, 1.807) is 0 Å². The Hall–Kier alpha value is -3.11. The average Bonchev–Trinajstić information content (AvgIpc) is 3.12. The minimum Gasteiger partial charge on any atom is -0.492 e. The molecule has 4 heteroatoms. The molecule has 0 amide bonds. The van der Waals surface area contributed by atoms with Crippen molar-refractivity contribution >= 4 is 28.1 Å². The first-order valence-electron chi connectivity index (χ1n) is 9.39. The van der Waals surface area contributed by atoms with E-state index in [-0.39, 0.29) is 0 Å². The normalized spacial score (nSPS) is 10.7. The van der Waals surface area contributed by atoms with Gasteiger partial charge in [-0.1, -0.05) is 78.9 Å². The summed E-state index contributed by atoms with van der Waals surface area (Å²) in [5.41, 5.74) is 3.43. The molecule has 0 unspecified atom stereocenters. The van der Waals surface area contributed by atoms with Gasteiger partial charge in [-0.05, 0) is 23.8 Å². The van der Waals surface area contributed by atoms with Crippen molar-refractivity contribution in [2.24, 2.45) is 0 Å². The molecule has 0 aliphatic heterocycles. The fraction of sp³-hybridized carbons (Fsp3) is 0.125. The van der Waals surface area contributed by atoms with Crippen LogP contribution in [-0.2, 0) is 13.1 Å². The van der Waals surface area contributed by atoms with Gasteiger partial charge in [0.25, 0.3) is 0 Å². The largest absolute Gasteiger partial charge is 0.492 e. The zero-order chi connectivity index (χ0) is 19.2. The molecule has 140 valence electrons. The van der Waals surface area contributed by atoms with E-state index in [2.05, 4.69) is 52.5 Å². The lowest BCUT2D eigenvalue weighted by atomic mass is 10.1. The van der Waals surface area contributed by atoms with E-state index >= 15 is 0 Å². The fourth-order valence-electron chi connectivity index (χ4n) is 3.26. The first kappa shape index (κ1) is 18.3. The van der Waals surface area contributed by atoms with Crippen LogP contribution in [0.15, 0.2) is 91.1 Å². The zero-order valence-electron chi connectivity index (χ0n) is 15.5. The average molecular weight is 387 g/mol. The van der Waals surface area contributed by atoms with E-state index in [1.165, 1.54) is 5.56 Å². The zero-order valence-corrected chi connectivity index (χ0v) is 16.4. The highest BCUT2D eigenvalue weighted by molar-refractivity contribution is 7.80. The third-order valence-corrected chi connectivity index (χ3v) is 5.04. The number of nitrogens with one attached hydrogen (secondary N) is 1. The molecule has 3 aromatic carbocycles. The Morgan fingerprint density at radius 3 is 2.32 bits per heavy atom. The SMILES string of the molecule is S=C(NCc1ccccc1)c1cn(CCOc2ccccc2)c2ccccc12. The predicted molar refractivity (Wildman–Crippen MR) is 119 cm³/mol. The van der Waals surface area contributed by atoms with Gasteiger partial charge < -0.3 is 14.6 Å². The van der Waals surface area contributed by atoms with Crippen LogP contribution >= 0.6 is 12.2 Å². The van der Waals surface area contributed by atoms with Crippen LogP contribution in [0, 0.1) is 0 Å². The van der Waals surface area contributed by atoms with Crippen LogP contribution in [0.2, 0.25) is 0 Å². The Labute approximate surface area is 170 Å². The summed E-state index contributed by atoms with van der Waals surface area (Å²) in [6.07, 6.45) is 2.12. The van der Waals surface area contributed by atoms with Gasteiger partial charge in [-0.3, -0.25) is 0 Å². The first-order valence-corrected chi connectivity index (χ1v) is 9.80. The van der Waals surface area contributed by atoms with Gasteiger partial charge >= 0.3 is 0 Å². The van der Waals surface area contributed by atoms with Crippen LogP contribution in [0.5, 0.6) is 5.75 Å². The highest BCUT2D eigenvalue weighted by Crippen LogP contribution is 2.22. The molecule has 1 heterocycles. The van der Waals surface area contributed by atoms with Crippen molar-refractivity contribution in [3.8, 4) is 5.75 Å². The summed E-state index contributed by atoms with van der Waals surface area (Å²) < 4.78 is 8.08. The molecule has 0 saturated heterocycles. The third-order valence-electron chi connectivity index (χ3n) is 4.67. The van der Waals surface area contributed by atoms with E-state index in [0.717, 1.165) is 40.3 Å². The maximum atomic E-state index is 5.86. The van der Waals surface area contributed by atoms with Gasteiger partial charge in [0.1, 0.15) is 17.3 Å². The van der Waals surface area contributed by atoms with Gasteiger partial charge in [0.15, 0.2) is 0 Å². The molecule has 1 aromatic heterocycles. The number of benzene rings is 3. The van der Waals surface area contributed by atoms with E-state index in [1.807, 2.05) is 48.5 Å². The van der Waals surface area contributed by atoms with Gasteiger partial charge in [-0.2, -0.15) is 0 Å². The second-order valence-electron chi connectivity index (χ2n) is 6.58. The molecule has 0 aliphatic rings. The van der Waals surface area contributed by atoms with Crippen LogP contribution in [0.1, 0.15) is 11.1 Å². The summed E-state index contributed by atoms with van der Waals surface area (Å²) >= 11 is 5.69. The van der Waals surface area contributed by atoms with Gasteiger partial charge in [0.05, 0.1) is 6.54 Å². The Kier molecular flexibility index (Phi) is 5.69. The van der Waals surface area contributed by atoms with E-state index < -0.39 is 0 Å². The molecule has 0 spiro atoms. The Morgan fingerprint density at radius 1 is 0.857 bits per heavy atom. The monoisotopic (exact) mass is 386 g/mol. The molecular weight excluding hydrogens is 364 g/mol. The second kappa shape index (κ2) is 8.72. The van der Waals surface area contributed by atoms with Crippen LogP contribution in [0.4, 0.5) is 0 Å². The molecule has 0 fully saturated rings. The number of para-hydroxylation sites is 2. The number of rotatable bonds is 7. The number of hydrogen-bond acceptors (Lipinski definition) is 2. The summed E-state index contributed by atoms with van der Waals surface area (Å²) in [7, 11) is 0. The minimum atomic E-state index is 0.604. The molecule has 0 radical (unpaired) electrons. The number of ether oxygens (including phenoxy) is 1. The summed E-state index contributed by atoms with van der Waals surface area (Å²) in [5.74, 6) is 0.888. The van der Waals surface area contributed by atoms with Gasteiger partial charge in [0.2, 0.25) is 0 Å². The number of nitrogens with zero attached hydrogens (tertiary/aromatic N) is 1. The summed E-state index contributed by atoms with van der Waals surface area (Å²) in [5, 5.41) is 4.55.